The third-order valence-corrected chi connectivity index (χ3v) is 5.22. The summed E-state index contributed by atoms with van der Waals surface area (Å²) in [6.45, 7) is 4.59. The summed E-state index contributed by atoms with van der Waals surface area (Å²) in [5.74, 6) is 1.48. The minimum Gasteiger partial charge on any atom is -0.466 e. The standard InChI is InChI=1S/C13H16O2S/c1-3-8-10-11(12(14)15-4-2)13(8,10)9-6-5-7-16-9/h5-8,10-11H,3-4H2,1-2H3/t8?,10?,11?,13-/m0/s1. The van der Waals surface area contributed by atoms with Crippen LogP contribution in [0.3, 0.4) is 0 Å². The third-order valence-electron chi connectivity index (χ3n) is 4.18. The molecule has 2 saturated carbocycles. The lowest BCUT2D eigenvalue weighted by Gasteiger charge is -2.15. The summed E-state index contributed by atoms with van der Waals surface area (Å²) >= 11 is 1.78. The Balaban J connectivity index is 1.81. The second-order valence-corrected chi connectivity index (χ2v) is 5.63. The molecule has 2 aliphatic rings. The number of esters is 1. The van der Waals surface area contributed by atoms with E-state index in [1.165, 1.54) is 11.3 Å². The molecule has 1 aromatic heterocycles. The van der Waals surface area contributed by atoms with E-state index in [1.54, 1.807) is 11.3 Å². The molecule has 1 heterocycles. The average molecular weight is 236 g/mol. The van der Waals surface area contributed by atoms with Gasteiger partial charge in [0.25, 0.3) is 0 Å². The average Bonchev–Trinajstić information content (AvgIpc) is 3.02. The van der Waals surface area contributed by atoms with Crippen molar-refractivity contribution < 1.29 is 9.53 Å². The quantitative estimate of drug-likeness (QED) is 0.751. The minimum atomic E-state index is 0.0191. The summed E-state index contributed by atoms with van der Waals surface area (Å²) in [7, 11) is 0. The zero-order valence-corrected chi connectivity index (χ0v) is 10.4. The van der Waals surface area contributed by atoms with Crippen molar-refractivity contribution >= 4 is 17.3 Å². The van der Waals surface area contributed by atoms with E-state index in [0.717, 1.165) is 5.92 Å². The molecule has 0 saturated heterocycles. The van der Waals surface area contributed by atoms with Crippen LogP contribution in [0, 0.1) is 17.8 Å². The molecule has 0 spiro atoms. The summed E-state index contributed by atoms with van der Waals surface area (Å²) in [6, 6.07) is 4.25. The van der Waals surface area contributed by atoms with Crippen LogP contribution < -0.4 is 0 Å². The van der Waals surface area contributed by atoms with Crippen LogP contribution in [0.5, 0.6) is 0 Å². The second-order valence-electron chi connectivity index (χ2n) is 4.68. The molecule has 2 nitrogen and oxygen atoms in total. The Hall–Kier alpha value is -0.830. The molecule has 86 valence electrons. The van der Waals surface area contributed by atoms with E-state index in [2.05, 4.69) is 24.4 Å². The van der Waals surface area contributed by atoms with Crippen LogP contribution >= 0.6 is 11.3 Å². The van der Waals surface area contributed by atoms with Gasteiger partial charge in [-0.3, -0.25) is 4.79 Å². The van der Waals surface area contributed by atoms with Crippen LogP contribution in [0.15, 0.2) is 17.5 Å². The predicted octanol–water partition coefficient (Wildman–Crippen LogP) is 2.83. The van der Waals surface area contributed by atoms with Crippen LogP contribution in [-0.2, 0) is 14.9 Å². The fraction of sp³-hybridized carbons (Fsp3) is 0.615. The van der Waals surface area contributed by atoms with Crippen molar-refractivity contribution in [1.29, 1.82) is 0 Å². The molecular formula is C13H16O2S. The van der Waals surface area contributed by atoms with Gasteiger partial charge in [0.2, 0.25) is 0 Å². The maximum atomic E-state index is 11.8. The van der Waals surface area contributed by atoms with Crippen LogP contribution in [-0.4, -0.2) is 12.6 Å². The Bertz CT molecular complexity index is 412. The van der Waals surface area contributed by atoms with Crippen molar-refractivity contribution in [3.8, 4) is 0 Å². The summed E-state index contributed by atoms with van der Waals surface area (Å²) in [4.78, 5) is 13.2. The van der Waals surface area contributed by atoms with E-state index in [4.69, 9.17) is 4.74 Å². The highest BCUT2D eigenvalue weighted by molar-refractivity contribution is 7.10. The molecule has 2 aliphatic carbocycles. The largest absolute Gasteiger partial charge is 0.466 e. The van der Waals surface area contributed by atoms with E-state index >= 15 is 0 Å². The fourth-order valence-corrected chi connectivity index (χ4v) is 4.56. The minimum absolute atomic E-state index is 0.0191. The zero-order chi connectivity index (χ0) is 11.3. The van der Waals surface area contributed by atoms with Gasteiger partial charge < -0.3 is 4.74 Å². The number of ether oxygens (including phenoxy) is 1. The lowest BCUT2D eigenvalue weighted by Crippen LogP contribution is -2.22. The molecular weight excluding hydrogens is 220 g/mol. The molecule has 0 aromatic carbocycles. The van der Waals surface area contributed by atoms with E-state index in [-0.39, 0.29) is 17.3 Å². The summed E-state index contributed by atoms with van der Waals surface area (Å²) < 4.78 is 5.15. The summed E-state index contributed by atoms with van der Waals surface area (Å²) in [5, 5.41) is 2.10. The monoisotopic (exact) mass is 236 g/mol. The van der Waals surface area contributed by atoms with Crippen LogP contribution in [0.1, 0.15) is 25.1 Å². The van der Waals surface area contributed by atoms with Gasteiger partial charge in [-0.05, 0) is 30.2 Å². The van der Waals surface area contributed by atoms with Gasteiger partial charge in [0.1, 0.15) is 0 Å². The van der Waals surface area contributed by atoms with Crippen molar-refractivity contribution in [2.24, 2.45) is 17.8 Å². The lowest BCUT2D eigenvalue weighted by atomic mass is 9.93. The smallest absolute Gasteiger partial charge is 0.310 e. The van der Waals surface area contributed by atoms with Crippen molar-refractivity contribution in [1.82, 2.24) is 0 Å². The molecule has 4 atom stereocenters. The van der Waals surface area contributed by atoms with Gasteiger partial charge in [-0.1, -0.05) is 19.4 Å². The number of fused-ring (bicyclic) bond motifs is 1. The summed E-state index contributed by atoms with van der Waals surface area (Å²) in [5.41, 5.74) is 0.190. The second kappa shape index (κ2) is 3.33. The Kier molecular flexibility index (Phi) is 2.15. The molecule has 16 heavy (non-hydrogen) atoms. The molecule has 2 fully saturated rings. The third kappa shape index (κ3) is 1.05. The summed E-state index contributed by atoms with van der Waals surface area (Å²) in [6.07, 6.45) is 1.18. The topological polar surface area (TPSA) is 26.3 Å². The van der Waals surface area contributed by atoms with Gasteiger partial charge in [-0.25, -0.2) is 0 Å². The SMILES string of the molecule is CCOC(=O)C1C2C(CC)[C@@]12c1cccs1. The molecule has 0 N–H and O–H groups in total. The fourth-order valence-electron chi connectivity index (χ4n) is 3.48. The maximum Gasteiger partial charge on any atom is 0.310 e. The molecule has 3 unspecified atom stereocenters. The van der Waals surface area contributed by atoms with E-state index < -0.39 is 0 Å². The molecule has 3 heteroatoms. The van der Waals surface area contributed by atoms with Gasteiger partial charge in [-0.2, -0.15) is 0 Å². The molecule has 1 aromatic rings. The number of carbonyl (C=O) groups excluding carboxylic acids is 1. The highest BCUT2D eigenvalue weighted by Crippen LogP contribution is 2.85. The van der Waals surface area contributed by atoms with Crippen molar-refractivity contribution in [3.63, 3.8) is 0 Å². The molecule has 0 bridgehead atoms. The molecule has 0 radical (unpaired) electrons. The van der Waals surface area contributed by atoms with Gasteiger partial charge in [0.05, 0.1) is 12.5 Å². The first-order valence-electron chi connectivity index (χ1n) is 5.99. The highest BCUT2D eigenvalue weighted by atomic mass is 32.1. The van der Waals surface area contributed by atoms with E-state index in [9.17, 15) is 4.79 Å². The first-order valence-corrected chi connectivity index (χ1v) is 6.87. The molecule has 3 rings (SSSR count). The van der Waals surface area contributed by atoms with Crippen LogP contribution in [0.4, 0.5) is 0 Å². The number of thiophene rings is 1. The van der Waals surface area contributed by atoms with Crippen LogP contribution in [0.2, 0.25) is 0 Å². The Morgan fingerprint density at radius 3 is 2.94 bits per heavy atom. The Morgan fingerprint density at radius 2 is 2.38 bits per heavy atom. The van der Waals surface area contributed by atoms with Crippen molar-refractivity contribution in [3.05, 3.63) is 22.4 Å². The normalized spacial score (nSPS) is 39.0. The Morgan fingerprint density at radius 1 is 1.56 bits per heavy atom. The number of hydrogen-bond acceptors (Lipinski definition) is 3. The van der Waals surface area contributed by atoms with Crippen molar-refractivity contribution in [2.75, 3.05) is 6.61 Å². The van der Waals surface area contributed by atoms with Gasteiger partial charge in [0.15, 0.2) is 0 Å². The molecule has 0 aliphatic heterocycles. The Labute approximate surface area is 99.6 Å². The van der Waals surface area contributed by atoms with Gasteiger partial charge >= 0.3 is 5.97 Å². The first-order chi connectivity index (χ1) is 7.78. The van der Waals surface area contributed by atoms with Crippen molar-refractivity contribution in [2.45, 2.75) is 25.7 Å². The number of rotatable bonds is 4. The van der Waals surface area contributed by atoms with Gasteiger partial charge in [-0.15, -0.1) is 11.3 Å². The maximum absolute atomic E-state index is 11.8. The van der Waals surface area contributed by atoms with Crippen LogP contribution in [0.25, 0.3) is 0 Å². The van der Waals surface area contributed by atoms with E-state index in [1.807, 2.05) is 6.92 Å². The predicted molar refractivity (Wildman–Crippen MR) is 63.4 cm³/mol. The lowest BCUT2D eigenvalue weighted by molar-refractivity contribution is -0.146. The first kappa shape index (κ1) is 10.3. The highest BCUT2D eigenvalue weighted by Gasteiger charge is 2.89. The van der Waals surface area contributed by atoms with Gasteiger partial charge in [0, 0.05) is 10.3 Å². The molecule has 0 amide bonds. The number of carbonyl (C=O) groups is 1. The number of hydrogen-bond donors (Lipinski definition) is 0. The van der Waals surface area contributed by atoms with E-state index in [0.29, 0.717) is 12.5 Å². The zero-order valence-electron chi connectivity index (χ0n) is 9.60.